The first-order chi connectivity index (χ1) is 10.3. The van der Waals surface area contributed by atoms with Gasteiger partial charge in [-0.15, -0.1) is 0 Å². The molecule has 1 fully saturated rings. The van der Waals surface area contributed by atoms with Crippen LogP contribution in [-0.4, -0.2) is 62.0 Å². The first kappa shape index (κ1) is 17.9. The number of hydrogen-bond acceptors (Lipinski definition) is 9. The highest BCUT2D eigenvalue weighted by Gasteiger charge is 2.53. The molecule has 1 heterocycles. The van der Waals surface area contributed by atoms with Gasteiger partial charge in [0.2, 0.25) is 0 Å². The molecule has 1 aliphatic rings. The van der Waals surface area contributed by atoms with Crippen molar-refractivity contribution in [3.63, 3.8) is 0 Å². The summed E-state index contributed by atoms with van der Waals surface area (Å²) >= 11 is 0. The molecule has 0 aromatic carbocycles. The molecule has 4 atom stereocenters. The van der Waals surface area contributed by atoms with E-state index in [0.717, 1.165) is 21.0 Å². The van der Waals surface area contributed by atoms with Gasteiger partial charge < -0.3 is 23.7 Å². The predicted octanol–water partition coefficient (Wildman–Crippen LogP) is -0.647. The molecule has 1 rings (SSSR count). The van der Waals surface area contributed by atoms with Crippen LogP contribution in [-0.2, 0) is 42.9 Å². The van der Waals surface area contributed by atoms with Gasteiger partial charge in [0.1, 0.15) is 12.7 Å². The topological polar surface area (TPSA) is 114 Å². The highest BCUT2D eigenvalue weighted by molar-refractivity contribution is 5.77. The lowest BCUT2D eigenvalue weighted by molar-refractivity contribution is -0.169. The third-order valence-electron chi connectivity index (χ3n) is 2.80. The summed E-state index contributed by atoms with van der Waals surface area (Å²) in [5, 5.41) is 0. The molecule has 0 spiro atoms. The van der Waals surface area contributed by atoms with Crippen LogP contribution in [0.15, 0.2) is 0 Å². The van der Waals surface area contributed by atoms with Crippen LogP contribution in [0.3, 0.4) is 0 Å². The number of esters is 4. The lowest BCUT2D eigenvalue weighted by Crippen LogP contribution is -2.43. The molecule has 22 heavy (non-hydrogen) atoms. The minimum absolute atomic E-state index is 0.265. The highest BCUT2D eigenvalue weighted by atomic mass is 16.7. The second-order valence-electron chi connectivity index (χ2n) is 4.57. The normalized spacial score (nSPS) is 26.9. The smallest absolute Gasteiger partial charge is 0.339 e. The van der Waals surface area contributed by atoms with Gasteiger partial charge in [0.15, 0.2) is 18.3 Å². The van der Waals surface area contributed by atoms with Crippen LogP contribution < -0.4 is 0 Å². The Morgan fingerprint density at radius 3 is 1.91 bits per heavy atom. The van der Waals surface area contributed by atoms with E-state index in [1.165, 1.54) is 6.92 Å². The lowest BCUT2D eigenvalue weighted by Gasteiger charge is -2.22. The van der Waals surface area contributed by atoms with E-state index in [1.54, 1.807) is 0 Å². The molecule has 0 N–H and O–H groups in total. The molecule has 1 aliphatic heterocycles. The van der Waals surface area contributed by atoms with Crippen molar-refractivity contribution in [1.29, 1.82) is 0 Å². The van der Waals surface area contributed by atoms with Crippen LogP contribution in [0.25, 0.3) is 0 Å². The molecule has 1 saturated heterocycles. The Hall–Kier alpha value is -2.16. The second-order valence-corrected chi connectivity index (χ2v) is 4.57. The van der Waals surface area contributed by atoms with Gasteiger partial charge in [0, 0.05) is 20.8 Å². The van der Waals surface area contributed by atoms with E-state index in [0.29, 0.717) is 0 Å². The van der Waals surface area contributed by atoms with E-state index in [4.69, 9.17) is 18.9 Å². The maximum absolute atomic E-state index is 11.7. The van der Waals surface area contributed by atoms with Crippen molar-refractivity contribution in [3.8, 4) is 0 Å². The average Bonchev–Trinajstić information content (AvgIpc) is 2.73. The van der Waals surface area contributed by atoms with Crippen molar-refractivity contribution in [2.24, 2.45) is 0 Å². The van der Waals surface area contributed by atoms with Gasteiger partial charge in [-0.2, -0.15) is 0 Å². The van der Waals surface area contributed by atoms with Crippen LogP contribution in [0.1, 0.15) is 20.8 Å². The van der Waals surface area contributed by atoms with Gasteiger partial charge in [-0.3, -0.25) is 14.4 Å². The summed E-state index contributed by atoms with van der Waals surface area (Å²) < 4.78 is 24.8. The Balaban J connectivity index is 2.99. The SMILES string of the molecule is COC(=O)C1OC(COC(C)=O)C(OC(C)=O)C1OC(C)=O. The van der Waals surface area contributed by atoms with Gasteiger partial charge in [0.05, 0.1) is 7.11 Å². The van der Waals surface area contributed by atoms with Crippen molar-refractivity contribution in [3.05, 3.63) is 0 Å². The van der Waals surface area contributed by atoms with E-state index in [2.05, 4.69) is 4.74 Å². The number of hydrogen-bond donors (Lipinski definition) is 0. The zero-order chi connectivity index (χ0) is 16.9. The molecule has 0 bridgehead atoms. The number of rotatable bonds is 5. The first-order valence-corrected chi connectivity index (χ1v) is 6.47. The molecule has 0 aromatic heterocycles. The van der Waals surface area contributed by atoms with Crippen LogP contribution in [0.4, 0.5) is 0 Å². The van der Waals surface area contributed by atoms with E-state index in [1.807, 2.05) is 0 Å². The van der Waals surface area contributed by atoms with Crippen molar-refractivity contribution in [2.75, 3.05) is 13.7 Å². The molecule has 0 radical (unpaired) electrons. The maximum atomic E-state index is 11.7. The minimum atomic E-state index is -1.28. The van der Waals surface area contributed by atoms with Crippen molar-refractivity contribution in [2.45, 2.75) is 45.2 Å². The molecular weight excluding hydrogens is 300 g/mol. The molecule has 9 nitrogen and oxygen atoms in total. The quantitative estimate of drug-likeness (QED) is 0.482. The monoisotopic (exact) mass is 318 g/mol. The molecule has 124 valence electrons. The van der Waals surface area contributed by atoms with Crippen LogP contribution >= 0.6 is 0 Å². The van der Waals surface area contributed by atoms with E-state index < -0.39 is 48.3 Å². The zero-order valence-electron chi connectivity index (χ0n) is 12.7. The predicted molar refractivity (Wildman–Crippen MR) is 68.4 cm³/mol. The Morgan fingerprint density at radius 2 is 1.45 bits per heavy atom. The largest absolute Gasteiger partial charge is 0.467 e. The molecule has 0 saturated carbocycles. The summed E-state index contributed by atoms with van der Waals surface area (Å²) in [6.45, 7) is 3.22. The molecule has 4 unspecified atom stereocenters. The fourth-order valence-corrected chi connectivity index (χ4v) is 2.02. The van der Waals surface area contributed by atoms with Crippen molar-refractivity contribution >= 4 is 23.9 Å². The Morgan fingerprint density at radius 1 is 0.909 bits per heavy atom. The third kappa shape index (κ3) is 4.69. The van der Waals surface area contributed by atoms with E-state index in [-0.39, 0.29) is 6.61 Å². The Labute approximate surface area is 126 Å². The average molecular weight is 318 g/mol. The van der Waals surface area contributed by atoms with E-state index >= 15 is 0 Å². The van der Waals surface area contributed by atoms with Gasteiger partial charge in [-0.1, -0.05) is 0 Å². The van der Waals surface area contributed by atoms with Crippen molar-refractivity contribution in [1.82, 2.24) is 0 Å². The van der Waals surface area contributed by atoms with Crippen molar-refractivity contribution < 1.29 is 42.9 Å². The summed E-state index contributed by atoms with van der Waals surface area (Å²) in [6, 6.07) is 0. The number of carbonyl (C=O) groups excluding carboxylic acids is 4. The molecule has 0 aromatic rings. The number of carbonyl (C=O) groups is 4. The standard InChI is InChI=1S/C13H18O9/c1-6(14)19-5-9-10(20-7(2)15)11(21-8(3)16)12(22-9)13(17)18-4/h9-12H,5H2,1-4H3. The van der Waals surface area contributed by atoms with Crippen LogP contribution in [0.5, 0.6) is 0 Å². The summed E-state index contributed by atoms with van der Waals surface area (Å²) in [5.41, 5.74) is 0. The fourth-order valence-electron chi connectivity index (χ4n) is 2.02. The van der Waals surface area contributed by atoms with Crippen LogP contribution in [0, 0.1) is 0 Å². The third-order valence-corrected chi connectivity index (χ3v) is 2.80. The molecule has 0 aliphatic carbocycles. The van der Waals surface area contributed by atoms with Gasteiger partial charge in [-0.25, -0.2) is 4.79 Å². The Kier molecular flexibility index (Phi) is 6.29. The van der Waals surface area contributed by atoms with Gasteiger partial charge in [-0.05, 0) is 0 Å². The van der Waals surface area contributed by atoms with Gasteiger partial charge >= 0.3 is 23.9 Å². The summed E-state index contributed by atoms with van der Waals surface area (Å²) in [7, 11) is 1.14. The summed E-state index contributed by atoms with van der Waals surface area (Å²) in [6.07, 6.45) is -4.51. The summed E-state index contributed by atoms with van der Waals surface area (Å²) in [4.78, 5) is 45.1. The maximum Gasteiger partial charge on any atom is 0.339 e. The van der Waals surface area contributed by atoms with E-state index in [9.17, 15) is 19.2 Å². The second kappa shape index (κ2) is 7.74. The fraction of sp³-hybridized carbons (Fsp3) is 0.692. The highest BCUT2D eigenvalue weighted by Crippen LogP contribution is 2.28. The molecular formula is C13H18O9. The number of methoxy groups -OCH3 is 1. The zero-order valence-corrected chi connectivity index (χ0v) is 12.7. The Bertz CT molecular complexity index is 458. The molecule has 9 heteroatoms. The van der Waals surface area contributed by atoms with Crippen LogP contribution in [0.2, 0.25) is 0 Å². The lowest BCUT2D eigenvalue weighted by atomic mass is 10.1. The molecule has 0 amide bonds. The minimum Gasteiger partial charge on any atom is -0.467 e. The van der Waals surface area contributed by atoms with Gasteiger partial charge in [0.25, 0.3) is 0 Å². The summed E-state index contributed by atoms with van der Waals surface area (Å²) in [5.74, 6) is -2.72. The number of ether oxygens (including phenoxy) is 5. The first-order valence-electron chi connectivity index (χ1n) is 6.47.